The van der Waals surface area contributed by atoms with Gasteiger partial charge in [0, 0.05) is 11.9 Å². The van der Waals surface area contributed by atoms with E-state index in [9.17, 15) is 13.2 Å². The number of nitrogens with zero attached hydrogens (tertiary/aromatic N) is 5. The number of rotatable bonds is 3. The van der Waals surface area contributed by atoms with E-state index < -0.39 is 12.2 Å². The first-order valence-electron chi connectivity index (χ1n) is 9.23. The second-order valence-corrected chi connectivity index (χ2v) is 7.14. The number of nitrogens with two attached hydrogens (primary N) is 1. The molecule has 0 spiro atoms. The van der Waals surface area contributed by atoms with Gasteiger partial charge in [0.1, 0.15) is 17.3 Å². The predicted octanol–water partition coefficient (Wildman–Crippen LogP) is 3.49. The van der Waals surface area contributed by atoms with Crippen molar-refractivity contribution in [3.05, 3.63) is 59.4 Å². The van der Waals surface area contributed by atoms with Gasteiger partial charge >= 0.3 is 6.18 Å². The normalized spacial score (nSPS) is 17.0. The summed E-state index contributed by atoms with van der Waals surface area (Å²) in [6, 6.07) is 10.2. The summed E-state index contributed by atoms with van der Waals surface area (Å²) in [7, 11) is 1.52. The molecular formula is C20H17F3N6O. The zero-order valence-corrected chi connectivity index (χ0v) is 15.9. The van der Waals surface area contributed by atoms with Crippen LogP contribution in [0.4, 0.5) is 19.1 Å². The summed E-state index contributed by atoms with van der Waals surface area (Å²) < 4.78 is 48.1. The third-order valence-corrected chi connectivity index (χ3v) is 5.30. The lowest BCUT2D eigenvalue weighted by Crippen LogP contribution is -2.33. The number of alkyl halides is 3. The van der Waals surface area contributed by atoms with Crippen LogP contribution in [0.2, 0.25) is 0 Å². The molecule has 0 radical (unpaired) electrons. The highest BCUT2D eigenvalue weighted by Crippen LogP contribution is 2.45. The quantitative estimate of drug-likeness (QED) is 0.553. The van der Waals surface area contributed by atoms with Crippen LogP contribution in [0.1, 0.15) is 23.0 Å². The molecule has 1 atom stereocenters. The van der Waals surface area contributed by atoms with Gasteiger partial charge in [0.25, 0.3) is 0 Å². The van der Waals surface area contributed by atoms with Crippen LogP contribution in [0.5, 0.6) is 5.75 Å². The van der Waals surface area contributed by atoms with Crippen LogP contribution in [0.15, 0.2) is 42.5 Å². The largest absolute Gasteiger partial charge is 0.494 e. The molecule has 0 bridgehead atoms. The number of para-hydroxylation sites is 1. The lowest BCUT2D eigenvalue weighted by molar-refractivity contribution is -0.185. The second kappa shape index (κ2) is 6.56. The SMILES string of the molecule is COc1cccc2c1nc(N)n1nc(CN3Cc4ccccc4C3C(F)(F)F)nc21. The molecule has 30 heavy (non-hydrogen) atoms. The van der Waals surface area contributed by atoms with E-state index in [-0.39, 0.29) is 30.4 Å². The van der Waals surface area contributed by atoms with E-state index >= 15 is 0 Å². The van der Waals surface area contributed by atoms with Crippen LogP contribution in [0.25, 0.3) is 16.6 Å². The van der Waals surface area contributed by atoms with Gasteiger partial charge in [0.05, 0.1) is 13.7 Å². The van der Waals surface area contributed by atoms with Crippen molar-refractivity contribution in [2.45, 2.75) is 25.3 Å². The number of halogens is 3. The van der Waals surface area contributed by atoms with Crippen molar-refractivity contribution < 1.29 is 17.9 Å². The van der Waals surface area contributed by atoms with Gasteiger partial charge in [-0.15, -0.1) is 5.10 Å². The van der Waals surface area contributed by atoms with E-state index in [1.54, 1.807) is 36.4 Å². The van der Waals surface area contributed by atoms with Crippen LogP contribution in [0.3, 0.4) is 0 Å². The van der Waals surface area contributed by atoms with Gasteiger partial charge in [-0.25, -0.2) is 9.97 Å². The van der Waals surface area contributed by atoms with Gasteiger partial charge in [0.2, 0.25) is 5.95 Å². The number of anilines is 1. The molecule has 0 fully saturated rings. The van der Waals surface area contributed by atoms with E-state index in [1.165, 1.54) is 22.6 Å². The van der Waals surface area contributed by atoms with Gasteiger partial charge < -0.3 is 10.5 Å². The molecule has 0 amide bonds. The Labute approximate surface area is 168 Å². The molecule has 10 heteroatoms. The maximum atomic E-state index is 13.8. The highest BCUT2D eigenvalue weighted by Gasteiger charge is 2.49. The van der Waals surface area contributed by atoms with Gasteiger partial charge in [-0.2, -0.15) is 17.7 Å². The summed E-state index contributed by atoms with van der Waals surface area (Å²) in [5.74, 6) is 0.845. The molecule has 1 aliphatic heterocycles. The van der Waals surface area contributed by atoms with Gasteiger partial charge in [-0.3, -0.25) is 4.90 Å². The van der Waals surface area contributed by atoms with E-state index in [4.69, 9.17) is 10.5 Å². The summed E-state index contributed by atoms with van der Waals surface area (Å²) in [6.07, 6.45) is -4.41. The second-order valence-electron chi connectivity index (χ2n) is 7.14. The summed E-state index contributed by atoms with van der Waals surface area (Å²) in [5.41, 5.74) is 7.90. The number of benzene rings is 2. The first-order valence-corrected chi connectivity index (χ1v) is 9.23. The van der Waals surface area contributed by atoms with Crippen LogP contribution in [-0.4, -0.2) is 37.8 Å². The number of nitrogen functional groups attached to an aromatic ring is 1. The Bertz CT molecular complexity index is 1270. The predicted molar refractivity (Wildman–Crippen MR) is 104 cm³/mol. The zero-order valence-electron chi connectivity index (χ0n) is 15.9. The lowest BCUT2D eigenvalue weighted by atomic mass is 10.0. The average Bonchev–Trinajstić information content (AvgIpc) is 3.29. The third-order valence-electron chi connectivity index (χ3n) is 5.30. The molecule has 0 aliphatic carbocycles. The van der Waals surface area contributed by atoms with Gasteiger partial charge in [-0.05, 0) is 23.3 Å². The first kappa shape index (κ1) is 18.6. The molecule has 2 aromatic heterocycles. The number of ether oxygens (including phenoxy) is 1. The summed E-state index contributed by atoms with van der Waals surface area (Å²) >= 11 is 0. The minimum Gasteiger partial charge on any atom is -0.494 e. The lowest BCUT2D eigenvalue weighted by Gasteiger charge is -2.25. The van der Waals surface area contributed by atoms with Crippen LogP contribution in [0, 0.1) is 0 Å². The number of aromatic nitrogens is 4. The van der Waals surface area contributed by atoms with E-state index in [0.29, 0.717) is 27.9 Å². The van der Waals surface area contributed by atoms with Crippen molar-refractivity contribution in [3.8, 4) is 5.75 Å². The molecule has 154 valence electrons. The van der Waals surface area contributed by atoms with Crippen LogP contribution in [-0.2, 0) is 13.1 Å². The van der Waals surface area contributed by atoms with Crippen LogP contribution < -0.4 is 10.5 Å². The molecule has 4 aromatic rings. The fourth-order valence-electron chi connectivity index (χ4n) is 4.06. The smallest absolute Gasteiger partial charge is 0.408 e. The third kappa shape index (κ3) is 2.83. The summed E-state index contributed by atoms with van der Waals surface area (Å²) in [6.45, 7) is 0.0869. The molecule has 7 nitrogen and oxygen atoms in total. The van der Waals surface area contributed by atoms with Crippen molar-refractivity contribution in [2.24, 2.45) is 0 Å². The number of hydrogen-bond donors (Lipinski definition) is 1. The van der Waals surface area contributed by atoms with Crippen molar-refractivity contribution in [2.75, 3.05) is 12.8 Å². The summed E-state index contributed by atoms with van der Waals surface area (Å²) in [4.78, 5) is 10.1. The Morgan fingerprint density at radius 3 is 2.70 bits per heavy atom. The molecule has 1 unspecified atom stereocenters. The monoisotopic (exact) mass is 414 g/mol. The average molecular weight is 414 g/mol. The van der Waals surface area contributed by atoms with Gasteiger partial charge in [0.15, 0.2) is 11.5 Å². The highest BCUT2D eigenvalue weighted by atomic mass is 19.4. The van der Waals surface area contributed by atoms with Gasteiger partial charge in [-0.1, -0.05) is 30.3 Å². The molecule has 5 rings (SSSR count). The van der Waals surface area contributed by atoms with Crippen LogP contribution >= 0.6 is 0 Å². The molecule has 0 saturated carbocycles. The van der Waals surface area contributed by atoms with E-state index in [0.717, 1.165) is 0 Å². The highest BCUT2D eigenvalue weighted by molar-refractivity contribution is 5.95. The van der Waals surface area contributed by atoms with E-state index in [2.05, 4.69) is 15.1 Å². The molecule has 3 heterocycles. The topological polar surface area (TPSA) is 81.6 Å². The molecule has 0 saturated heterocycles. The Morgan fingerprint density at radius 1 is 1.13 bits per heavy atom. The Kier molecular flexibility index (Phi) is 4.07. The van der Waals surface area contributed by atoms with Crippen molar-refractivity contribution >= 4 is 22.5 Å². The molecular weight excluding hydrogens is 397 g/mol. The maximum Gasteiger partial charge on any atom is 0.408 e. The minimum atomic E-state index is -4.41. The minimum absolute atomic E-state index is 0.0779. The molecule has 1 aliphatic rings. The van der Waals surface area contributed by atoms with Crippen molar-refractivity contribution in [1.29, 1.82) is 0 Å². The zero-order chi connectivity index (χ0) is 21.0. The summed E-state index contributed by atoms with van der Waals surface area (Å²) in [5, 5.41) is 4.98. The number of fused-ring (bicyclic) bond motifs is 4. The Morgan fingerprint density at radius 2 is 1.93 bits per heavy atom. The number of hydrogen-bond acceptors (Lipinski definition) is 6. The molecule has 2 N–H and O–H groups in total. The molecule has 2 aromatic carbocycles. The maximum absolute atomic E-state index is 13.8. The fourth-order valence-corrected chi connectivity index (χ4v) is 4.06. The first-order chi connectivity index (χ1) is 14.4. The standard InChI is InChI=1S/C20H17F3N6O/c1-30-14-8-4-7-13-16(14)26-19(24)29-18(13)25-15(27-29)10-28-9-11-5-2-3-6-12(11)17(28)20(21,22)23/h2-8,17H,9-10H2,1H3,(H2,24,26). The van der Waals surface area contributed by atoms with Crippen molar-refractivity contribution in [1.82, 2.24) is 24.5 Å². The number of methoxy groups -OCH3 is 1. The Hall–Kier alpha value is -3.40. The Balaban J connectivity index is 1.58. The van der Waals surface area contributed by atoms with Crippen molar-refractivity contribution in [3.63, 3.8) is 0 Å². The fraction of sp³-hybridized carbons (Fsp3) is 0.250. The van der Waals surface area contributed by atoms with E-state index in [1.807, 2.05) is 0 Å².